The molecule has 158 valence electrons. The van der Waals surface area contributed by atoms with E-state index in [1.165, 1.54) is 12.1 Å². The van der Waals surface area contributed by atoms with Gasteiger partial charge in [0.25, 0.3) is 0 Å². The van der Waals surface area contributed by atoms with Gasteiger partial charge in [0.15, 0.2) is 4.34 Å². The molecule has 5 nitrogen and oxygen atoms in total. The summed E-state index contributed by atoms with van der Waals surface area (Å²) in [6.45, 7) is 0. The predicted molar refractivity (Wildman–Crippen MR) is 105 cm³/mol. The van der Waals surface area contributed by atoms with Gasteiger partial charge >= 0.3 is 12.2 Å². The highest BCUT2D eigenvalue weighted by atomic mass is 35.5. The van der Waals surface area contributed by atoms with Crippen LogP contribution in [0.3, 0.4) is 0 Å². The average molecular weight is 481 g/mol. The van der Waals surface area contributed by atoms with E-state index >= 15 is 0 Å². The second kappa shape index (κ2) is 9.14. The van der Waals surface area contributed by atoms with Gasteiger partial charge in [-0.2, -0.15) is 13.2 Å². The van der Waals surface area contributed by atoms with E-state index in [1.54, 1.807) is 0 Å². The lowest BCUT2D eigenvalue weighted by molar-refractivity contribution is -0.137. The molecule has 13 heteroatoms. The van der Waals surface area contributed by atoms with E-state index in [4.69, 9.17) is 11.6 Å². The first-order valence-electron chi connectivity index (χ1n) is 7.97. The van der Waals surface area contributed by atoms with E-state index in [9.17, 15) is 26.7 Å². The van der Waals surface area contributed by atoms with Gasteiger partial charge in [-0.15, -0.1) is 10.2 Å². The number of nitrogens with one attached hydrogen (secondary N) is 2. The van der Waals surface area contributed by atoms with Gasteiger partial charge < -0.3 is 5.32 Å². The number of hydrogen-bond donors (Lipinski definition) is 2. The number of rotatable bonds is 5. The van der Waals surface area contributed by atoms with Crippen LogP contribution in [-0.2, 0) is 11.9 Å². The molecule has 0 spiro atoms. The first kappa shape index (κ1) is 22.2. The maximum Gasteiger partial charge on any atom is 0.417 e. The molecule has 0 aliphatic heterocycles. The van der Waals surface area contributed by atoms with Crippen LogP contribution < -0.4 is 10.6 Å². The maximum atomic E-state index is 13.6. The molecule has 3 aromatic rings. The summed E-state index contributed by atoms with van der Waals surface area (Å²) in [7, 11) is 0. The monoisotopic (exact) mass is 480 g/mol. The number of hydrogen-bond acceptors (Lipinski definition) is 5. The Morgan fingerprint density at radius 2 is 1.80 bits per heavy atom. The molecule has 0 saturated carbocycles. The Bertz CT molecular complexity index is 1060. The quantitative estimate of drug-likeness (QED) is 0.251. The standard InChI is InChI=1S/C17H10ClF5N4OS2/c18-11-5-4-8(6-10(11)17(21,22)23)24-14(28)25-15-26-27-16(30-15)29-7-9-12(19)2-1-3-13(9)20/h1-6H,7H2,(H2,24,25,26,28). The topological polar surface area (TPSA) is 66.9 Å². The molecule has 0 atom stereocenters. The number of anilines is 2. The summed E-state index contributed by atoms with van der Waals surface area (Å²) in [5, 5.41) is 11.6. The average Bonchev–Trinajstić information content (AvgIpc) is 3.09. The highest BCUT2D eigenvalue weighted by Crippen LogP contribution is 2.36. The zero-order valence-electron chi connectivity index (χ0n) is 14.6. The number of benzene rings is 2. The fraction of sp³-hybridized carbons (Fsp3) is 0.118. The van der Waals surface area contributed by atoms with Gasteiger partial charge in [-0.1, -0.05) is 40.8 Å². The van der Waals surface area contributed by atoms with E-state index in [-0.39, 0.29) is 22.1 Å². The lowest BCUT2D eigenvalue weighted by atomic mass is 10.2. The van der Waals surface area contributed by atoms with Crippen LogP contribution in [0.4, 0.5) is 37.6 Å². The zero-order valence-corrected chi connectivity index (χ0v) is 16.9. The molecule has 0 aliphatic rings. The summed E-state index contributed by atoms with van der Waals surface area (Å²) in [5.41, 5.74) is -1.33. The number of nitrogens with zero attached hydrogens (tertiary/aromatic N) is 2. The minimum Gasteiger partial charge on any atom is -0.308 e. The summed E-state index contributed by atoms with van der Waals surface area (Å²) in [4.78, 5) is 12.0. The van der Waals surface area contributed by atoms with Crippen LogP contribution >= 0.6 is 34.7 Å². The summed E-state index contributed by atoms with van der Waals surface area (Å²) in [5.74, 6) is -1.42. The molecule has 0 bridgehead atoms. The Kier molecular flexibility index (Phi) is 6.78. The maximum absolute atomic E-state index is 13.6. The number of carbonyl (C=O) groups excluding carboxylic acids is 1. The highest BCUT2D eigenvalue weighted by Gasteiger charge is 2.33. The normalized spacial score (nSPS) is 11.4. The van der Waals surface area contributed by atoms with E-state index in [2.05, 4.69) is 20.8 Å². The van der Waals surface area contributed by atoms with Crippen molar-refractivity contribution in [3.05, 3.63) is 64.2 Å². The smallest absolute Gasteiger partial charge is 0.308 e. The van der Waals surface area contributed by atoms with Crippen LogP contribution in [0.2, 0.25) is 5.02 Å². The van der Waals surface area contributed by atoms with Gasteiger partial charge in [0, 0.05) is 17.0 Å². The van der Waals surface area contributed by atoms with Crippen LogP contribution in [0.5, 0.6) is 0 Å². The van der Waals surface area contributed by atoms with Crippen molar-refractivity contribution < 1.29 is 26.7 Å². The Labute approximate surface area is 179 Å². The molecule has 2 N–H and O–H groups in total. The number of aromatic nitrogens is 2. The Balaban J connectivity index is 1.60. The number of carbonyl (C=O) groups is 1. The molecular formula is C17H10ClF5N4OS2. The number of urea groups is 1. The number of thioether (sulfide) groups is 1. The number of alkyl halides is 3. The Morgan fingerprint density at radius 1 is 1.10 bits per heavy atom. The van der Waals surface area contributed by atoms with Gasteiger partial charge in [-0.05, 0) is 30.3 Å². The molecule has 1 aromatic heterocycles. The van der Waals surface area contributed by atoms with E-state index in [0.717, 1.165) is 41.3 Å². The van der Waals surface area contributed by atoms with Crippen molar-refractivity contribution in [3.8, 4) is 0 Å². The van der Waals surface area contributed by atoms with E-state index < -0.39 is 34.4 Å². The molecule has 1 heterocycles. The van der Waals surface area contributed by atoms with Crippen LogP contribution in [0, 0.1) is 11.6 Å². The van der Waals surface area contributed by atoms with Crippen molar-refractivity contribution in [2.45, 2.75) is 16.3 Å². The van der Waals surface area contributed by atoms with Crippen LogP contribution in [-0.4, -0.2) is 16.2 Å². The fourth-order valence-corrected chi connectivity index (χ4v) is 4.19. The molecule has 0 saturated heterocycles. The van der Waals surface area contributed by atoms with Crippen LogP contribution in [0.15, 0.2) is 40.7 Å². The molecular weight excluding hydrogens is 471 g/mol. The third-order valence-electron chi connectivity index (χ3n) is 3.56. The van der Waals surface area contributed by atoms with E-state index in [0.29, 0.717) is 10.4 Å². The van der Waals surface area contributed by atoms with Crippen molar-refractivity contribution in [3.63, 3.8) is 0 Å². The third-order valence-corrected chi connectivity index (χ3v) is 5.89. The van der Waals surface area contributed by atoms with Crippen molar-refractivity contribution >= 4 is 51.5 Å². The molecule has 0 unspecified atom stereocenters. The zero-order chi connectivity index (χ0) is 21.9. The SMILES string of the molecule is O=C(Nc1ccc(Cl)c(C(F)(F)F)c1)Nc1nnc(SCc2c(F)cccc2F)s1. The Hall–Kier alpha value is -2.44. The number of halogens is 6. The number of amides is 2. The van der Waals surface area contributed by atoms with Gasteiger partial charge in [-0.25, -0.2) is 13.6 Å². The summed E-state index contributed by atoms with van der Waals surface area (Å²) in [6, 6.07) is 5.60. The van der Waals surface area contributed by atoms with Crippen molar-refractivity contribution in [2.24, 2.45) is 0 Å². The lowest BCUT2D eigenvalue weighted by Gasteiger charge is -2.11. The van der Waals surface area contributed by atoms with Gasteiger partial charge in [-0.3, -0.25) is 5.32 Å². The molecule has 30 heavy (non-hydrogen) atoms. The first-order valence-corrected chi connectivity index (χ1v) is 10.2. The largest absolute Gasteiger partial charge is 0.417 e. The molecule has 0 aliphatic carbocycles. The summed E-state index contributed by atoms with van der Waals surface area (Å²) in [6.07, 6.45) is -4.67. The molecule has 0 radical (unpaired) electrons. The Morgan fingerprint density at radius 3 is 2.47 bits per heavy atom. The molecule has 0 fully saturated rings. The second-order valence-corrected chi connectivity index (χ2v) is 8.24. The highest BCUT2D eigenvalue weighted by molar-refractivity contribution is 8.00. The first-order chi connectivity index (χ1) is 14.1. The van der Waals surface area contributed by atoms with Crippen molar-refractivity contribution in [2.75, 3.05) is 10.6 Å². The fourth-order valence-electron chi connectivity index (χ4n) is 2.20. The van der Waals surface area contributed by atoms with E-state index in [1.807, 2.05) is 0 Å². The van der Waals surface area contributed by atoms with Gasteiger partial charge in [0.05, 0.1) is 10.6 Å². The molecule has 2 amide bonds. The molecule has 2 aromatic carbocycles. The summed E-state index contributed by atoms with van der Waals surface area (Å²) >= 11 is 7.48. The molecule has 3 rings (SSSR count). The van der Waals surface area contributed by atoms with Crippen LogP contribution in [0.1, 0.15) is 11.1 Å². The van der Waals surface area contributed by atoms with Crippen molar-refractivity contribution in [1.82, 2.24) is 10.2 Å². The minimum atomic E-state index is -4.67. The van der Waals surface area contributed by atoms with Crippen molar-refractivity contribution in [1.29, 1.82) is 0 Å². The van der Waals surface area contributed by atoms with Crippen LogP contribution in [0.25, 0.3) is 0 Å². The minimum absolute atomic E-state index is 0.0374. The van der Waals surface area contributed by atoms with Gasteiger partial charge in [0.2, 0.25) is 5.13 Å². The second-order valence-electron chi connectivity index (χ2n) is 5.63. The third kappa shape index (κ3) is 5.58. The lowest BCUT2D eigenvalue weighted by Crippen LogP contribution is -2.19. The predicted octanol–water partition coefficient (Wildman–Crippen LogP) is 6.42. The summed E-state index contributed by atoms with van der Waals surface area (Å²) < 4.78 is 66.2. The van der Waals surface area contributed by atoms with Gasteiger partial charge in [0.1, 0.15) is 11.6 Å².